The van der Waals surface area contributed by atoms with Crippen molar-refractivity contribution in [2.45, 2.75) is 31.2 Å². The average Bonchev–Trinajstić information content (AvgIpc) is 3.35. The highest BCUT2D eigenvalue weighted by Gasteiger charge is 2.61. The van der Waals surface area contributed by atoms with E-state index in [0.29, 0.717) is 0 Å². The Morgan fingerprint density at radius 1 is 1.25 bits per heavy atom. The van der Waals surface area contributed by atoms with Gasteiger partial charge in [0.1, 0.15) is 5.54 Å². The van der Waals surface area contributed by atoms with Gasteiger partial charge in [0, 0.05) is 23.2 Å². The molecular weight excluding hydrogens is 250 g/mol. The van der Waals surface area contributed by atoms with E-state index >= 15 is 0 Å². The van der Waals surface area contributed by atoms with Crippen LogP contribution in [-0.2, 0) is 9.53 Å². The third-order valence-electron chi connectivity index (χ3n) is 5.03. The molecule has 0 radical (unpaired) electrons. The molecular formula is C17H21NO2. The van der Waals surface area contributed by atoms with E-state index in [1.54, 1.807) is 0 Å². The zero-order valence-corrected chi connectivity index (χ0v) is 12.1. The van der Waals surface area contributed by atoms with Crippen molar-refractivity contribution in [3.63, 3.8) is 0 Å². The zero-order chi connectivity index (χ0) is 14.5. The highest BCUT2D eigenvalue weighted by molar-refractivity contribution is 5.85. The Labute approximate surface area is 120 Å². The van der Waals surface area contributed by atoms with Gasteiger partial charge in [-0.1, -0.05) is 31.9 Å². The zero-order valence-electron chi connectivity index (χ0n) is 12.1. The number of hydrogen-bond donors (Lipinski definition) is 0. The molecule has 2 fully saturated rings. The van der Waals surface area contributed by atoms with Crippen molar-refractivity contribution in [1.29, 1.82) is 0 Å². The van der Waals surface area contributed by atoms with Gasteiger partial charge in [-0.3, -0.25) is 0 Å². The van der Waals surface area contributed by atoms with E-state index in [1.807, 2.05) is 12.2 Å². The van der Waals surface area contributed by atoms with E-state index in [4.69, 9.17) is 4.74 Å². The van der Waals surface area contributed by atoms with Crippen LogP contribution in [0.4, 0.5) is 0 Å². The van der Waals surface area contributed by atoms with E-state index < -0.39 is 5.54 Å². The molecule has 1 aliphatic heterocycles. The Kier molecular flexibility index (Phi) is 2.72. The van der Waals surface area contributed by atoms with Crippen LogP contribution in [0.3, 0.4) is 0 Å². The van der Waals surface area contributed by atoms with Crippen molar-refractivity contribution in [3.8, 4) is 0 Å². The molecule has 3 aliphatic rings. The fourth-order valence-electron chi connectivity index (χ4n) is 3.50. The molecule has 1 spiro atoms. The first-order valence-corrected chi connectivity index (χ1v) is 7.10. The van der Waals surface area contributed by atoms with Gasteiger partial charge in [-0.25, -0.2) is 4.79 Å². The molecule has 1 heterocycles. The molecule has 0 aromatic rings. The van der Waals surface area contributed by atoms with Crippen LogP contribution in [0.2, 0.25) is 0 Å². The molecule has 0 atom stereocenters. The summed E-state index contributed by atoms with van der Waals surface area (Å²) in [5.74, 6) is -0.139. The molecule has 106 valence electrons. The largest absolute Gasteiger partial charge is 0.467 e. The predicted octanol–water partition coefficient (Wildman–Crippen LogP) is 2.97. The van der Waals surface area contributed by atoms with Crippen molar-refractivity contribution in [1.82, 2.24) is 4.90 Å². The van der Waals surface area contributed by atoms with Crippen LogP contribution in [0.5, 0.6) is 0 Å². The summed E-state index contributed by atoms with van der Waals surface area (Å²) in [5, 5.41) is 0. The number of nitrogens with zero attached hydrogens (tertiary/aromatic N) is 1. The molecule has 3 rings (SSSR count). The van der Waals surface area contributed by atoms with Crippen LogP contribution in [0.25, 0.3) is 0 Å². The molecule has 0 amide bonds. The minimum atomic E-state index is -0.484. The number of carbonyl (C=O) groups excluding carboxylic acids is 1. The Bertz CT molecular complexity index is 547. The van der Waals surface area contributed by atoms with Crippen LogP contribution >= 0.6 is 0 Å². The lowest BCUT2D eigenvalue weighted by atomic mass is 9.84. The van der Waals surface area contributed by atoms with Gasteiger partial charge in [0.2, 0.25) is 0 Å². The molecule has 3 nitrogen and oxygen atoms in total. The van der Waals surface area contributed by atoms with E-state index in [0.717, 1.165) is 43.5 Å². The minimum absolute atomic E-state index is 0.139. The number of allylic oxidation sites excluding steroid dienone is 2. The maximum absolute atomic E-state index is 12.2. The Morgan fingerprint density at radius 2 is 1.90 bits per heavy atom. The topological polar surface area (TPSA) is 29.5 Å². The lowest BCUT2D eigenvalue weighted by Gasteiger charge is -2.42. The van der Waals surface area contributed by atoms with Crippen LogP contribution in [0.1, 0.15) is 25.7 Å². The normalized spacial score (nSPS) is 25.4. The van der Waals surface area contributed by atoms with Crippen LogP contribution in [0.15, 0.2) is 48.7 Å². The Balaban J connectivity index is 2.03. The first-order chi connectivity index (χ1) is 9.54. The quantitative estimate of drug-likeness (QED) is 0.736. The van der Waals surface area contributed by atoms with Crippen molar-refractivity contribution >= 4 is 5.97 Å². The summed E-state index contributed by atoms with van der Waals surface area (Å²) >= 11 is 0. The molecule has 0 bridgehead atoms. The van der Waals surface area contributed by atoms with Gasteiger partial charge < -0.3 is 9.64 Å². The molecule has 0 unspecified atom stereocenters. The molecule has 0 N–H and O–H groups in total. The summed E-state index contributed by atoms with van der Waals surface area (Å²) in [7, 11) is 1.46. The first-order valence-electron chi connectivity index (χ1n) is 7.10. The summed E-state index contributed by atoms with van der Waals surface area (Å²) < 4.78 is 5.01. The van der Waals surface area contributed by atoms with Crippen LogP contribution in [-0.4, -0.2) is 30.1 Å². The smallest absolute Gasteiger partial charge is 0.331 e. The van der Waals surface area contributed by atoms with E-state index in [-0.39, 0.29) is 11.4 Å². The highest BCUT2D eigenvalue weighted by Crippen LogP contribution is 2.60. The predicted molar refractivity (Wildman–Crippen MR) is 78.9 cm³/mol. The van der Waals surface area contributed by atoms with E-state index in [9.17, 15) is 4.79 Å². The van der Waals surface area contributed by atoms with Crippen LogP contribution < -0.4 is 0 Å². The number of rotatable bonds is 4. The third kappa shape index (κ3) is 1.55. The van der Waals surface area contributed by atoms with Gasteiger partial charge in [0.05, 0.1) is 7.11 Å². The number of hydrogen-bond acceptors (Lipinski definition) is 3. The van der Waals surface area contributed by atoms with Crippen molar-refractivity contribution < 1.29 is 9.53 Å². The van der Waals surface area contributed by atoms with E-state index in [2.05, 4.69) is 24.6 Å². The van der Waals surface area contributed by atoms with Gasteiger partial charge in [-0.2, -0.15) is 0 Å². The molecule has 0 aromatic carbocycles. The number of esters is 1. The maximum atomic E-state index is 12.2. The van der Waals surface area contributed by atoms with Gasteiger partial charge in [0.25, 0.3) is 0 Å². The molecule has 20 heavy (non-hydrogen) atoms. The second-order valence-corrected chi connectivity index (χ2v) is 6.07. The average molecular weight is 271 g/mol. The Morgan fingerprint density at radius 3 is 2.30 bits per heavy atom. The second kappa shape index (κ2) is 4.11. The molecule has 2 aliphatic carbocycles. The Hall–Kier alpha value is -1.77. The fourth-order valence-corrected chi connectivity index (χ4v) is 3.50. The number of methoxy groups -OCH3 is 1. The fraction of sp³-hybridized carbons (Fsp3) is 0.471. The monoisotopic (exact) mass is 271 g/mol. The molecule has 3 heteroatoms. The maximum Gasteiger partial charge on any atom is 0.331 e. The lowest BCUT2D eigenvalue weighted by Crippen LogP contribution is -2.48. The molecule has 0 saturated heterocycles. The van der Waals surface area contributed by atoms with Crippen molar-refractivity contribution in [3.05, 3.63) is 48.7 Å². The number of carbonyl (C=O) groups is 1. The van der Waals surface area contributed by atoms with Gasteiger partial charge in [0.15, 0.2) is 0 Å². The molecule has 0 aromatic heterocycles. The van der Waals surface area contributed by atoms with E-state index in [1.165, 1.54) is 12.7 Å². The number of ether oxygens (including phenoxy) is 1. The summed E-state index contributed by atoms with van der Waals surface area (Å²) in [6.45, 7) is 12.9. The van der Waals surface area contributed by atoms with Crippen molar-refractivity contribution in [2.24, 2.45) is 5.41 Å². The van der Waals surface area contributed by atoms with Gasteiger partial charge >= 0.3 is 5.97 Å². The highest BCUT2D eigenvalue weighted by atomic mass is 16.5. The minimum Gasteiger partial charge on any atom is -0.467 e. The SMILES string of the molecule is C=CC1=C(C=C)C2(CC2)CN(C2(C(=O)OC)CC2)C1=C. The van der Waals surface area contributed by atoms with Gasteiger partial charge in [-0.05, 0) is 31.3 Å². The lowest BCUT2D eigenvalue weighted by molar-refractivity contribution is -0.148. The summed E-state index contributed by atoms with van der Waals surface area (Å²) in [4.78, 5) is 14.3. The second-order valence-electron chi connectivity index (χ2n) is 6.07. The first kappa shape index (κ1) is 13.2. The standard InChI is InChI=1S/C17H21NO2/c1-5-13-12(3)18(17(9-10-17)15(19)20-4)11-16(7-8-16)14(13)6-2/h5-6H,1-3,7-11H2,4H3. The summed E-state index contributed by atoms with van der Waals surface area (Å²) in [5.41, 5.74) is 2.84. The van der Waals surface area contributed by atoms with Gasteiger partial charge in [-0.15, -0.1) is 0 Å². The molecule has 2 saturated carbocycles. The van der Waals surface area contributed by atoms with Crippen molar-refractivity contribution in [2.75, 3.05) is 13.7 Å². The van der Waals surface area contributed by atoms with Crippen LogP contribution in [0, 0.1) is 5.41 Å². The summed E-state index contributed by atoms with van der Waals surface area (Å²) in [6.07, 6.45) is 7.77. The summed E-state index contributed by atoms with van der Waals surface area (Å²) in [6, 6.07) is 0. The third-order valence-corrected chi connectivity index (χ3v) is 5.03.